The number of hydrogen-bond donors (Lipinski definition) is 0. The average Bonchev–Trinajstić information content (AvgIpc) is 3.15. The Morgan fingerprint density at radius 3 is 2.46 bits per heavy atom. The zero-order chi connectivity index (χ0) is 18.9. The van der Waals surface area contributed by atoms with E-state index in [9.17, 15) is 31.9 Å². The molecule has 140 valence electrons. The van der Waals surface area contributed by atoms with Crippen LogP contribution in [0.5, 0.6) is 5.75 Å². The van der Waals surface area contributed by atoms with Crippen molar-refractivity contribution in [2.75, 3.05) is 0 Å². The van der Waals surface area contributed by atoms with Crippen molar-refractivity contribution in [3.05, 3.63) is 29.8 Å². The van der Waals surface area contributed by atoms with E-state index >= 15 is 0 Å². The van der Waals surface area contributed by atoms with Crippen molar-refractivity contribution in [3.63, 3.8) is 0 Å². The number of halogens is 2. The average molecular weight is 387 g/mol. The summed E-state index contributed by atoms with van der Waals surface area (Å²) in [5, 5.41) is 9.41. The molecule has 2 aliphatic carbocycles. The van der Waals surface area contributed by atoms with Crippen LogP contribution in [-0.2, 0) is 19.1 Å². The van der Waals surface area contributed by atoms with Crippen LogP contribution in [0.4, 0.5) is 8.78 Å². The standard InChI is InChI=1S/C16H14F2O7S/c17-16(18,15(20)21)24-9-3-1-7(2-4-9)13(19)12-8-5-10-11(6-8)25-26(22,23)14(10)12/h1-4,8,10-12,14H,5-6H2,(H,20,21)/p-1. The van der Waals surface area contributed by atoms with Gasteiger partial charge in [0.1, 0.15) is 11.0 Å². The van der Waals surface area contributed by atoms with E-state index in [-0.39, 0.29) is 23.5 Å². The zero-order valence-electron chi connectivity index (χ0n) is 13.1. The number of carboxylic acid groups (broad SMARTS) is 1. The van der Waals surface area contributed by atoms with Gasteiger partial charge in [0.2, 0.25) is 0 Å². The molecule has 7 nitrogen and oxygen atoms in total. The number of Topliss-reactive ketones (excluding diaryl/α,β-unsaturated/α-hetero) is 1. The fraction of sp³-hybridized carbons (Fsp3) is 0.500. The third-order valence-corrected chi connectivity index (χ3v) is 7.21. The Hall–Kier alpha value is -2.07. The van der Waals surface area contributed by atoms with Gasteiger partial charge in [0.25, 0.3) is 10.1 Å². The van der Waals surface area contributed by atoms with Gasteiger partial charge in [-0.05, 0) is 43.0 Å². The number of ketones is 1. The number of hydrogen-bond acceptors (Lipinski definition) is 7. The minimum absolute atomic E-state index is 0.0851. The lowest BCUT2D eigenvalue weighted by Gasteiger charge is -2.23. The van der Waals surface area contributed by atoms with Crippen LogP contribution in [0.3, 0.4) is 0 Å². The molecule has 0 N–H and O–H groups in total. The maximum Gasteiger partial charge on any atom is 0.441 e. The lowest BCUT2D eigenvalue weighted by atomic mass is 9.82. The molecule has 1 heterocycles. The van der Waals surface area contributed by atoms with Gasteiger partial charge in [-0.25, -0.2) is 0 Å². The number of fused-ring (bicyclic) bond motifs is 1. The fourth-order valence-electron chi connectivity index (χ4n) is 4.42. The first-order valence-electron chi connectivity index (χ1n) is 7.95. The molecule has 10 heteroatoms. The molecule has 26 heavy (non-hydrogen) atoms. The van der Waals surface area contributed by atoms with Gasteiger partial charge in [-0.3, -0.25) is 8.98 Å². The van der Waals surface area contributed by atoms with Crippen LogP contribution in [0.2, 0.25) is 0 Å². The second-order valence-corrected chi connectivity index (χ2v) is 8.53. The summed E-state index contributed by atoms with van der Waals surface area (Å²) in [6, 6.07) is 4.46. The third kappa shape index (κ3) is 2.50. The largest absolute Gasteiger partial charge is 0.541 e. The van der Waals surface area contributed by atoms with Crippen LogP contribution < -0.4 is 9.84 Å². The summed E-state index contributed by atoms with van der Waals surface area (Å²) >= 11 is 0. The number of aliphatic carboxylic acids is 1. The van der Waals surface area contributed by atoms with Crippen LogP contribution in [0.15, 0.2) is 24.3 Å². The number of alkyl halides is 2. The molecule has 2 saturated carbocycles. The van der Waals surface area contributed by atoms with Crippen molar-refractivity contribution < 1.29 is 40.8 Å². The third-order valence-electron chi connectivity index (χ3n) is 5.39. The minimum atomic E-state index is -4.50. The highest BCUT2D eigenvalue weighted by molar-refractivity contribution is 7.87. The van der Waals surface area contributed by atoms with Crippen molar-refractivity contribution >= 4 is 21.9 Å². The number of carbonyl (C=O) groups is 2. The summed E-state index contributed by atoms with van der Waals surface area (Å²) in [4.78, 5) is 23.1. The molecular formula is C16H13F2O7S-. The highest BCUT2D eigenvalue weighted by Crippen LogP contribution is 2.58. The van der Waals surface area contributed by atoms with E-state index in [1.807, 2.05) is 0 Å². The molecule has 3 aliphatic rings. The summed E-state index contributed by atoms with van der Waals surface area (Å²) < 4.78 is 59.4. The molecule has 0 amide bonds. The molecule has 1 aromatic rings. The Morgan fingerprint density at radius 2 is 1.85 bits per heavy atom. The number of benzene rings is 1. The molecule has 3 fully saturated rings. The van der Waals surface area contributed by atoms with Gasteiger partial charge in [0, 0.05) is 17.4 Å². The molecule has 4 rings (SSSR count). The first-order valence-corrected chi connectivity index (χ1v) is 9.42. The highest BCUT2D eigenvalue weighted by Gasteiger charge is 2.66. The van der Waals surface area contributed by atoms with Crippen molar-refractivity contribution in [1.29, 1.82) is 0 Å². The predicted octanol–water partition coefficient (Wildman–Crippen LogP) is 0.344. The van der Waals surface area contributed by atoms with E-state index in [2.05, 4.69) is 4.74 Å². The van der Waals surface area contributed by atoms with Crippen LogP contribution in [0, 0.1) is 17.8 Å². The maximum absolute atomic E-state index is 13.0. The molecule has 0 aromatic heterocycles. The normalized spacial score (nSPS) is 34.0. The van der Waals surface area contributed by atoms with Gasteiger partial charge < -0.3 is 14.6 Å². The Balaban J connectivity index is 1.55. The fourth-order valence-corrected chi connectivity index (χ4v) is 6.53. The smallest absolute Gasteiger partial charge is 0.441 e. The monoisotopic (exact) mass is 387 g/mol. The van der Waals surface area contributed by atoms with Gasteiger partial charge >= 0.3 is 6.11 Å². The SMILES string of the molecule is O=C(c1ccc(OC(F)(F)C(=O)[O-])cc1)C1C2CC3OS(=O)(=O)C1C3C2. The second-order valence-electron chi connectivity index (χ2n) is 6.81. The summed E-state index contributed by atoms with van der Waals surface area (Å²) in [5.74, 6) is -4.52. The lowest BCUT2D eigenvalue weighted by molar-refractivity contribution is -0.350. The first kappa shape index (κ1) is 17.3. The van der Waals surface area contributed by atoms with Gasteiger partial charge in [0.05, 0.1) is 6.10 Å². The van der Waals surface area contributed by atoms with E-state index in [0.29, 0.717) is 12.8 Å². The number of carboxylic acids is 1. The molecule has 0 radical (unpaired) electrons. The van der Waals surface area contributed by atoms with Gasteiger partial charge in [-0.15, -0.1) is 0 Å². The number of ether oxygens (including phenoxy) is 1. The van der Waals surface area contributed by atoms with E-state index in [4.69, 9.17) is 4.18 Å². The van der Waals surface area contributed by atoms with E-state index in [0.717, 1.165) is 12.1 Å². The van der Waals surface area contributed by atoms with Crippen molar-refractivity contribution in [2.45, 2.75) is 30.3 Å². The topological polar surface area (TPSA) is 110 Å². The van der Waals surface area contributed by atoms with E-state index < -0.39 is 44.9 Å². The van der Waals surface area contributed by atoms with E-state index in [1.54, 1.807) is 0 Å². The van der Waals surface area contributed by atoms with Gasteiger partial charge in [-0.1, -0.05) is 0 Å². The lowest BCUT2D eigenvalue weighted by Crippen LogP contribution is -2.45. The van der Waals surface area contributed by atoms with Crippen LogP contribution in [0.25, 0.3) is 0 Å². The summed E-state index contributed by atoms with van der Waals surface area (Å²) in [7, 11) is -3.79. The molecular weight excluding hydrogens is 374 g/mol. The molecule has 1 saturated heterocycles. The second kappa shape index (κ2) is 5.46. The Labute approximate surface area is 147 Å². The van der Waals surface area contributed by atoms with Crippen molar-refractivity contribution in [2.24, 2.45) is 17.8 Å². The number of carbonyl (C=O) groups excluding carboxylic acids is 2. The zero-order valence-corrected chi connectivity index (χ0v) is 13.9. The van der Waals surface area contributed by atoms with Crippen molar-refractivity contribution in [1.82, 2.24) is 0 Å². The van der Waals surface area contributed by atoms with Crippen LogP contribution >= 0.6 is 0 Å². The summed E-state index contributed by atoms with van der Waals surface area (Å²) in [6.07, 6.45) is -3.72. The first-order chi connectivity index (χ1) is 12.1. The molecule has 0 spiro atoms. The molecule has 2 bridgehead atoms. The van der Waals surface area contributed by atoms with E-state index in [1.165, 1.54) is 12.1 Å². The Morgan fingerprint density at radius 1 is 1.19 bits per heavy atom. The minimum Gasteiger partial charge on any atom is -0.541 e. The van der Waals surface area contributed by atoms with Crippen LogP contribution in [0.1, 0.15) is 23.2 Å². The van der Waals surface area contributed by atoms with Crippen LogP contribution in [-0.4, -0.2) is 37.6 Å². The Kier molecular flexibility index (Phi) is 3.65. The Bertz CT molecular complexity index is 878. The summed E-state index contributed by atoms with van der Waals surface area (Å²) in [5.41, 5.74) is 0.144. The molecule has 1 aromatic carbocycles. The number of rotatable bonds is 5. The molecule has 5 unspecified atom stereocenters. The predicted molar refractivity (Wildman–Crippen MR) is 78.6 cm³/mol. The quantitative estimate of drug-likeness (QED) is 0.529. The van der Waals surface area contributed by atoms with Crippen molar-refractivity contribution in [3.8, 4) is 5.75 Å². The van der Waals surface area contributed by atoms with Gasteiger partial charge in [-0.2, -0.15) is 17.2 Å². The molecule has 1 aliphatic heterocycles. The molecule has 5 atom stereocenters. The van der Waals surface area contributed by atoms with Gasteiger partial charge in [0.15, 0.2) is 11.8 Å². The maximum atomic E-state index is 13.0. The summed E-state index contributed by atoms with van der Waals surface area (Å²) in [6.45, 7) is 0. The highest BCUT2D eigenvalue weighted by atomic mass is 32.2.